The maximum atomic E-state index is 11.8. The van der Waals surface area contributed by atoms with Gasteiger partial charge in [0.1, 0.15) is 5.76 Å². The van der Waals surface area contributed by atoms with Gasteiger partial charge in [0.05, 0.1) is 22.3 Å². The number of nitriles is 1. The van der Waals surface area contributed by atoms with Gasteiger partial charge in [0.15, 0.2) is 5.76 Å². The van der Waals surface area contributed by atoms with Crippen molar-refractivity contribution in [2.24, 2.45) is 0 Å². The Bertz CT molecular complexity index is 641. The SMILES string of the molecule is Cc1ccc(C(=O)Nc2ccc(C#N)cc2Cl)o1. The molecule has 0 bridgehead atoms. The van der Waals surface area contributed by atoms with E-state index in [1.807, 2.05) is 6.07 Å². The number of aryl methyl sites for hydroxylation is 1. The molecular weight excluding hydrogens is 252 g/mol. The predicted octanol–water partition coefficient (Wildman–Crippen LogP) is 3.37. The van der Waals surface area contributed by atoms with Gasteiger partial charge in [0.25, 0.3) is 5.91 Å². The van der Waals surface area contributed by atoms with Gasteiger partial charge in [-0.1, -0.05) is 11.6 Å². The van der Waals surface area contributed by atoms with Crippen LogP contribution in [0.25, 0.3) is 0 Å². The van der Waals surface area contributed by atoms with Gasteiger partial charge in [0, 0.05) is 0 Å². The normalized spacial score (nSPS) is 9.83. The van der Waals surface area contributed by atoms with Crippen molar-refractivity contribution in [2.75, 3.05) is 5.32 Å². The fourth-order valence-corrected chi connectivity index (χ4v) is 1.65. The number of hydrogen-bond acceptors (Lipinski definition) is 3. The van der Waals surface area contributed by atoms with Crippen LogP contribution in [0, 0.1) is 18.3 Å². The number of halogens is 1. The lowest BCUT2D eigenvalue weighted by Crippen LogP contribution is -2.11. The van der Waals surface area contributed by atoms with Crippen LogP contribution >= 0.6 is 11.6 Å². The van der Waals surface area contributed by atoms with E-state index in [2.05, 4.69) is 5.32 Å². The lowest BCUT2D eigenvalue weighted by atomic mass is 10.2. The van der Waals surface area contributed by atoms with Crippen molar-refractivity contribution in [3.63, 3.8) is 0 Å². The Hall–Kier alpha value is -2.25. The molecule has 2 rings (SSSR count). The molecule has 1 heterocycles. The Morgan fingerprint density at radius 3 is 2.72 bits per heavy atom. The molecule has 18 heavy (non-hydrogen) atoms. The second-order valence-electron chi connectivity index (χ2n) is 3.67. The first-order valence-corrected chi connectivity index (χ1v) is 5.55. The highest BCUT2D eigenvalue weighted by atomic mass is 35.5. The number of benzene rings is 1. The average Bonchev–Trinajstić information content (AvgIpc) is 2.78. The van der Waals surface area contributed by atoms with Crippen LogP contribution in [0.1, 0.15) is 21.9 Å². The summed E-state index contributed by atoms with van der Waals surface area (Å²) < 4.78 is 5.19. The Balaban J connectivity index is 2.20. The van der Waals surface area contributed by atoms with Crippen molar-refractivity contribution < 1.29 is 9.21 Å². The Morgan fingerprint density at radius 2 is 2.17 bits per heavy atom. The third kappa shape index (κ3) is 2.53. The van der Waals surface area contributed by atoms with E-state index in [0.29, 0.717) is 22.0 Å². The maximum Gasteiger partial charge on any atom is 0.291 e. The van der Waals surface area contributed by atoms with E-state index in [4.69, 9.17) is 21.3 Å². The van der Waals surface area contributed by atoms with Crippen molar-refractivity contribution in [1.29, 1.82) is 5.26 Å². The van der Waals surface area contributed by atoms with E-state index in [0.717, 1.165) is 0 Å². The van der Waals surface area contributed by atoms with Gasteiger partial charge in [-0.15, -0.1) is 0 Å². The molecule has 0 saturated heterocycles. The quantitative estimate of drug-likeness (QED) is 0.900. The zero-order valence-electron chi connectivity index (χ0n) is 9.53. The Morgan fingerprint density at radius 1 is 1.39 bits per heavy atom. The molecule has 0 aliphatic carbocycles. The molecule has 4 nitrogen and oxygen atoms in total. The molecule has 0 aliphatic heterocycles. The summed E-state index contributed by atoms with van der Waals surface area (Å²) in [7, 11) is 0. The number of carbonyl (C=O) groups excluding carboxylic acids is 1. The van der Waals surface area contributed by atoms with E-state index in [-0.39, 0.29) is 11.7 Å². The molecule has 2 aromatic rings. The summed E-state index contributed by atoms with van der Waals surface area (Å²) >= 11 is 5.95. The van der Waals surface area contributed by atoms with Gasteiger partial charge in [-0.3, -0.25) is 4.79 Å². The second kappa shape index (κ2) is 4.94. The summed E-state index contributed by atoms with van der Waals surface area (Å²) in [4.78, 5) is 11.8. The van der Waals surface area contributed by atoms with Crippen LogP contribution in [-0.2, 0) is 0 Å². The second-order valence-corrected chi connectivity index (χ2v) is 4.08. The molecule has 0 unspecified atom stereocenters. The molecule has 0 aliphatic rings. The first kappa shape index (κ1) is 12.2. The number of nitrogens with zero attached hydrogens (tertiary/aromatic N) is 1. The smallest absolute Gasteiger partial charge is 0.291 e. The minimum atomic E-state index is -0.380. The molecule has 0 fully saturated rings. The lowest BCUT2D eigenvalue weighted by Gasteiger charge is -2.05. The average molecular weight is 261 g/mol. The standard InChI is InChI=1S/C13H9ClN2O2/c1-8-2-5-12(18-8)13(17)16-11-4-3-9(7-15)6-10(11)14/h2-6H,1H3,(H,16,17). The summed E-state index contributed by atoms with van der Waals surface area (Å²) in [5.41, 5.74) is 0.876. The Kier molecular flexibility index (Phi) is 3.35. The number of nitrogens with one attached hydrogen (secondary N) is 1. The molecule has 0 spiro atoms. The number of amides is 1. The monoisotopic (exact) mass is 260 g/mol. The number of hydrogen-bond donors (Lipinski definition) is 1. The van der Waals surface area contributed by atoms with Crippen LogP contribution in [0.4, 0.5) is 5.69 Å². The van der Waals surface area contributed by atoms with E-state index < -0.39 is 0 Å². The summed E-state index contributed by atoms with van der Waals surface area (Å²) in [6.07, 6.45) is 0. The van der Waals surface area contributed by atoms with Gasteiger partial charge in [0.2, 0.25) is 0 Å². The number of carbonyl (C=O) groups is 1. The first-order valence-electron chi connectivity index (χ1n) is 5.17. The van der Waals surface area contributed by atoms with Gasteiger partial charge in [-0.25, -0.2) is 0 Å². The van der Waals surface area contributed by atoms with Gasteiger partial charge < -0.3 is 9.73 Å². The van der Waals surface area contributed by atoms with E-state index in [9.17, 15) is 4.79 Å². The van der Waals surface area contributed by atoms with Gasteiger partial charge in [-0.2, -0.15) is 5.26 Å². The number of anilines is 1. The molecule has 0 saturated carbocycles. The molecule has 1 N–H and O–H groups in total. The highest BCUT2D eigenvalue weighted by Crippen LogP contribution is 2.23. The highest BCUT2D eigenvalue weighted by Gasteiger charge is 2.12. The summed E-state index contributed by atoms with van der Waals surface area (Å²) in [6, 6.07) is 9.90. The van der Waals surface area contributed by atoms with Crippen LogP contribution in [0.5, 0.6) is 0 Å². The lowest BCUT2D eigenvalue weighted by molar-refractivity contribution is 0.0995. The topological polar surface area (TPSA) is 66.0 Å². The molecule has 0 atom stereocenters. The zero-order chi connectivity index (χ0) is 13.1. The highest BCUT2D eigenvalue weighted by molar-refractivity contribution is 6.34. The van der Waals surface area contributed by atoms with E-state index >= 15 is 0 Å². The summed E-state index contributed by atoms with van der Waals surface area (Å²) in [6.45, 7) is 1.76. The van der Waals surface area contributed by atoms with Crippen LogP contribution in [-0.4, -0.2) is 5.91 Å². The molecular formula is C13H9ClN2O2. The van der Waals surface area contributed by atoms with Crippen molar-refractivity contribution in [2.45, 2.75) is 6.92 Å². The molecule has 1 aromatic heterocycles. The summed E-state index contributed by atoms with van der Waals surface area (Å²) in [5, 5.41) is 11.6. The molecule has 0 radical (unpaired) electrons. The van der Waals surface area contributed by atoms with Crippen LogP contribution in [0.3, 0.4) is 0 Å². The van der Waals surface area contributed by atoms with Crippen LogP contribution in [0.15, 0.2) is 34.7 Å². The fourth-order valence-electron chi connectivity index (χ4n) is 1.43. The molecule has 1 amide bonds. The molecule has 5 heteroatoms. The minimum absolute atomic E-state index is 0.216. The fraction of sp³-hybridized carbons (Fsp3) is 0.0769. The number of rotatable bonds is 2. The Labute approximate surface area is 109 Å². The third-order valence-corrected chi connectivity index (χ3v) is 2.62. The zero-order valence-corrected chi connectivity index (χ0v) is 10.3. The first-order chi connectivity index (χ1) is 8.60. The summed E-state index contributed by atoms with van der Waals surface area (Å²) in [5.74, 6) is 0.494. The van der Waals surface area contributed by atoms with Crippen LogP contribution < -0.4 is 5.32 Å². The van der Waals surface area contributed by atoms with Crippen molar-refractivity contribution in [3.05, 3.63) is 52.4 Å². The van der Waals surface area contributed by atoms with Gasteiger partial charge in [-0.05, 0) is 37.3 Å². The van der Waals surface area contributed by atoms with E-state index in [1.54, 1.807) is 31.2 Å². The van der Waals surface area contributed by atoms with Crippen molar-refractivity contribution >= 4 is 23.2 Å². The van der Waals surface area contributed by atoms with E-state index in [1.165, 1.54) is 6.07 Å². The predicted molar refractivity (Wildman–Crippen MR) is 67.6 cm³/mol. The third-order valence-electron chi connectivity index (χ3n) is 2.31. The minimum Gasteiger partial charge on any atom is -0.456 e. The van der Waals surface area contributed by atoms with Crippen LogP contribution in [0.2, 0.25) is 5.02 Å². The molecule has 1 aromatic carbocycles. The van der Waals surface area contributed by atoms with Crippen molar-refractivity contribution in [1.82, 2.24) is 0 Å². The molecule has 90 valence electrons. The van der Waals surface area contributed by atoms with Gasteiger partial charge >= 0.3 is 0 Å². The number of furan rings is 1. The van der Waals surface area contributed by atoms with Crippen molar-refractivity contribution in [3.8, 4) is 6.07 Å². The largest absolute Gasteiger partial charge is 0.456 e. The maximum absolute atomic E-state index is 11.8.